The van der Waals surface area contributed by atoms with E-state index in [4.69, 9.17) is 0 Å². The average Bonchev–Trinajstić information content (AvgIpc) is 3.00. The molecule has 2 heterocycles. The van der Waals surface area contributed by atoms with Crippen LogP contribution in [-0.4, -0.2) is 15.5 Å². The number of carbonyl (C=O) groups excluding carboxylic acids is 1. The molecule has 1 N–H and O–H groups in total. The van der Waals surface area contributed by atoms with Crippen LogP contribution >= 0.6 is 0 Å². The average molecular weight is 377 g/mol. The Labute approximate surface area is 143 Å². The third kappa shape index (κ3) is 3.83. The molecule has 4 nitrogen and oxygen atoms in total. The maximum Gasteiger partial charge on any atom is 0.416 e. The number of benzene rings is 1. The van der Waals surface area contributed by atoms with E-state index in [0.29, 0.717) is 31.5 Å². The molecule has 1 unspecified atom stereocenters. The van der Waals surface area contributed by atoms with Crippen molar-refractivity contribution in [3.63, 3.8) is 0 Å². The third-order valence-electron chi connectivity index (χ3n) is 4.20. The first-order valence-electron chi connectivity index (χ1n) is 7.63. The van der Waals surface area contributed by atoms with Gasteiger partial charge in [0.05, 0.1) is 17.5 Å². The van der Waals surface area contributed by atoms with Crippen LogP contribution in [-0.2, 0) is 30.1 Å². The quantitative estimate of drug-likeness (QED) is 0.801. The highest BCUT2D eigenvalue weighted by Gasteiger charge is 2.37. The molecule has 1 amide bonds. The molecule has 140 valence electrons. The standard InChI is InChI=1S/C16H13F6N3O/c17-15(18,19)10-4-11(16(20,21)22)6-12(5-10)24-14(26)9-1-2-25-8-23-7-13(25)3-9/h4-9H,1-3H2,(H,24,26). The first kappa shape index (κ1) is 18.3. The van der Waals surface area contributed by atoms with Gasteiger partial charge in [0.2, 0.25) is 5.91 Å². The van der Waals surface area contributed by atoms with Gasteiger partial charge < -0.3 is 9.88 Å². The van der Waals surface area contributed by atoms with Crippen molar-refractivity contribution in [1.29, 1.82) is 0 Å². The molecule has 0 radical (unpaired) electrons. The van der Waals surface area contributed by atoms with Gasteiger partial charge in [-0.1, -0.05) is 0 Å². The number of aromatic nitrogens is 2. The lowest BCUT2D eigenvalue weighted by molar-refractivity contribution is -0.143. The number of hydrogen-bond donors (Lipinski definition) is 1. The van der Waals surface area contributed by atoms with E-state index in [9.17, 15) is 31.1 Å². The number of nitrogens with one attached hydrogen (secondary N) is 1. The van der Waals surface area contributed by atoms with Crippen molar-refractivity contribution in [3.8, 4) is 0 Å². The smallest absolute Gasteiger partial charge is 0.335 e. The molecule has 0 spiro atoms. The molecule has 1 aliphatic rings. The summed E-state index contributed by atoms with van der Waals surface area (Å²) in [5, 5.41) is 2.19. The summed E-state index contributed by atoms with van der Waals surface area (Å²) in [5.41, 5.74) is -2.68. The number of rotatable bonds is 2. The minimum Gasteiger partial charge on any atom is -0.335 e. The summed E-state index contributed by atoms with van der Waals surface area (Å²) in [5.74, 6) is -1.17. The highest BCUT2D eigenvalue weighted by Crippen LogP contribution is 2.37. The van der Waals surface area contributed by atoms with Gasteiger partial charge in [-0.2, -0.15) is 26.3 Å². The summed E-state index contributed by atoms with van der Waals surface area (Å²) in [4.78, 5) is 16.3. The Morgan fingerprint density at radius 1 is 1.08 bits per heavy atom. The predicted molar refractivity (Wildman–Crippen MR) is 79.1 cm³/mol. The minimum absolute atomic E-state index is 0.0226. The summed E-state index contributed by atoms with van der Waals surface area (Å²) in [6, 6.07) is 1.02. The van der Waals surface area contributed by atoms with Crippen molar-refractivity contribution in [1.82, 2.24) is 9.55 Å². The summed E-state index contributed by atoms with van der Waals surface area (Å²) in [6.07, 6.45) is -6.01. The second-order valence-electron chi connectivity index (χ2n) is 6.05. The van der Waals surface area contributed by atoms with E-state index in [1.54, 1.807) is 12.5 Å². The Hall–Kier alpha value is -2.52. The predicted octanol–water partition coefficient (Wildman–Crippen LogP) is 4.12. The summed E-state index contributed by atoms with van der Waals surface area (Å²) < 4.78 is 79.1. The highest BCUT2D eigenvalue weighted by molar-refractivity contribution is 5.93. The van der Waals surface area contributed by atoms with Crippen molar-refractivity contribution in [2.75, 3.05) is 5.32 Å². The minimum atomic E-state index is -4.96. The number of alkyl halides is 6. The summed E-state index contributed by atoms with van der Waals surface area (Å²) in [6.45, 7) is 0.504. The largest absolute Gasteiger partial charge is 0.416 e. The van der Waals surface area contributed by atoms with Crippen LogP contribution in [0.2, 0.25) is 0 Å². The topological polar surface area (TPSA) is 46.9 Å². The molecule has 10 heteroatoms. The van der Waals surface area contributed by atoms with E-state index in [2.05, 4.69) is 10.3 Å². The Balaban J connectivity index is 1.84. The van der Waals surface area contributed by atoms with E-state index in [1.807, 2.05) is 4.57 Å². The van der Waals surface area contributed by atoms with Gasteiger partial charge in [-0.15, -0.1) is 0 Å². The Morgan fingerprint density at radius 3 is 2.27 bits per heavy atom. The van der Waals surface area contributed by atoms with Gasteiger partial charge in [-0.05, 0) is 24.6 Å². The van der Waals surface area contributed by atoms with Crippen molar-refractivity contribution in [2.24, 2.45) is 5.92 Å². The van der Waals surface area contributed by atoms with Crippen molar-refractivity contribution >= 4 is 11.6 Å². The fourth-order valence-electron chi connectivity index (χ4n) is 2.86. The van der Waals surface area contributed by atoms with Crippen LogP contribution in [0.1, 0.15) is 23.2 Å². The van der Waals surface area contributed by atoms with Crippen molar-refractivity contribution in [3.05, 3.63) is 47.5 Å². The van der Waals surface area contributed by atoms with Gasteiger partial charge >= 0.3 is 12.4 Å². The van der Waals surface area contributed by atoms with E-state index in [1.165, 1.54) is 0 Å². The SMILES string of the molecule is O=C(Nc1cc(C(F)(F)F)cc(C(F)(F)F)c1)C1CCn2cncc2C1. The molecule has 0 saturated carbocycles. The normalized spacial score (nSPS) is 17.7. The molecule has 2 aromatic rings. The lowest BCUT2D eigenvalue weighted by Crippen LogP contribution is -2.30. The molecule has 3 rings (SSSR count). The Morgan fingerprint density at radius 2 is 1.69 bits per heavy atom. The number of aryl methyl sites for hydroxylation is 1. The van der Waals surface area contributed by atoms with Gasteiger partial charge in [0.1, 0.15) is 0 Å². The second-order valence-corrected chi connectivity index (χ2v) is 6.05. The number of nitrogens with zero attached hydrogens (tertiary/aromatic N) is 2. The number of anilines is 1. The molecule has 1 aromatic heterocycles. The van der Waals surface area contributed by atoms with Crippen LogP contribution in [0, 0.1) is 5.92 Å². The molecular weight excluding hydrogens is 364 g/mol. The number of imidazole rings is 1. The first-order chi connectivity index (χ1) is 12.0. The number of fused-ring (bicyclic) bond motifs is 1. The zero-order chi connectivity index (χ0) is 19.1. The molecule has 1 aliphatic heterocycles. The van der Waals surface area contributed by atoms with Crippen LogP contribution < -0.4 is 5.32 Å². The van der Waals surface area contributed by atoms with E-state index < -0.39 is 41.0 Å². The summed E-state index contributed by atoms with van der Waals surface area (Å²) in [7, 11) is 0. The van der Waals surface area contributed by atoms with Crippen LogP contribution in [0.25, 0.3) is 0 Å². The Bertz CT molecular complexity index is 792. The molecule has 0 saturated heterocycles. The van der Waals surface area contributed by atoms with Gasteiger partial charge in [0.15, 0.2) is 0 Å². The maximum absolute atomic E-state index is 12.9. The fraction of sp³-hybridized carbons (Fsp3) is 0.375. The number of halogens is 6. The van der Waals surface area contributed by atoms with Crippen LogP contribution in [0.15, 0.2) is 30.7 Å². The lowest BCUT2D eigenvalue weighted by atomic mass is 9.95. The fourth-order valence-corrected chi connectivity index (χ4v) is 2.86. The number of amides is 1. The van der Waals surface area contributed by atoms with Crippen molar-refractivity contribution in [2.45, 2.75) is 31.7 Å². The lowest BCUT2D eigenvalue weighted by Gasteiger charge is -2.23. The second kappa shape index (κ2) is 6.33. The van der Waals surface area contributed by atoms with Gasteiger partial charge in [0, 0.05) is 36.5 Å². The highest BCUT2D eigenvalue weighted by atomic mass is 19.4. The van der Waals surface area contributed by atoms with Gasteiger partial charge in [-0.3, -0.25) is 4.79 Å². The van der Waals surface area contributed by atoms with E-state index in [-0.39, 0.29) is 6.07 Å². The van der Waals surface area contributed by atoms with E-state index in [0.717, 1.165) is 5.69 Å². The third-order valence-corrected chi connectivity index (χ3v) is 4.20. The molecule has 0 fully saturated rings. The molecular formula is C16H13F6N3O. The maximum atomic E-state index is 12.9. The van der Waals surface area contributed by atoms with E-state index >= 15 is 0 Å². The molecule has 1 aromatic carbocycles. The van der Waals surface area contributed by atoms with Crippen LogP contribution in [0.5, 0.6) is 0 Å². The van der Waals surface area contributed by atoms with Gasteiger partial charge in [0.25, 0.3) is 0 Å². The van der Waals surface area contributed by atoms with Crippen molar-refractivity contribution < 1.29 is 31.1 Å². The monoisotopic (exact) mass is 377 g/mol. The summed E-state index contributed by atoms with van der Waals surface area (Å²) >= 11 is 0. The first-order valence-corrected chi connectivity index (χ1v) is 7.63. The zero-order valence-corrected chi connectivity index (χ0v) is 13.2. The molecule has 0 aliphatic carbocycles. The molecule has 1 atom stereocenters. The molecule has 0 bridgehead atoms. The van der Waals surface area contributed by atoms with Crippen LogP contribution in [0.3, 0.4) is 0 Å². The zero-order valence-electron chi connectivity index (χ0n) is 13.2. The number of hydrogen-bond acceptors (Lipinski definition) is 2. The molecule has 26 heavy (non-hydrogen) atoms. The van der Waals surface area contributed by atoms with Crippen LogP contribution in [0.4, 0.5) is 32.0 Å². The van der Waals surface area contributed by atoms with Gasteiger partial charge in [-0.25, -0.2) is 4.98 Å². The number of carbonyl (C=O) groups is 1. The Kier molecular flexibility index (Phi) is 4.45.